The number of nitrogens with zero attached hydrogens (tertiary/aromatic N) is 1. The zero-order valence-electron chi connectivity index (χ0n) is 6.88. The number of halogens is 1. The maximum atomic E-state index is 5.79. The first kappa shape index (κ1) is 9.29. The number of hydrogen-bond acceptors (Lipinski definition) is 3. The predicted octanol–water partition coefficient (Wildman–Crippen LogP) is 1.38. The third-order valence-electron chi connectivity index (χ3n) is 1.33. The van der Waals surface area contributed by atoms with E-state index in [4.69, 9.17) is 22.1 Å². The molecule has 0 saturated carbocycles. The predicted molar refractivity (Wildman–Crippen MR) is 48.5 cm³/mol. The molecule has 4 heteroatoms. The summed E-state index contributed by atoms with van der Waals surface area (Å²) in [7, 11) is 0. The summed E-state index contributed by atoms with van der Waals surface area (Å²) in [5.41, 5.74) is 6.14. The Balaban J connectivity index is 2.72. The van der Waals surface area contributed by atoms with E-state index in [2.05, 4.69) is 4.98 Å². The van der Waals surface area contributed by atoms with Crippen LogP contribution in [0.25, 0.3) is 0 Å². The molecule has 0 aromatic carbocycles. The van der Waals surface area contributed by atoms with E-state index in [1.165, 1.54) is 0 Å². The SMILES string of the molecule is Cc1ccc(OCCN)c(Cl)n1. The normalized spacial score (nSPS) is 9.92. The Morgan fingerprint density at radius 3 is 2.92 bits per heavy atom. The third-order valence-corrected chi connectivity index (χ3v) is 1.60. The highest BCUT2D eigenvalue weighted by Gasteiger charge is 2.01. The van der Waals surface area contributed by atoms with Crippen molar-refractivity contribution < 1.29 is 4.74 Å². The molecule has 0 amide bonds. The van der Waals surface area contributed by atoms with Gasteiger partial charge in [0.25, 0.3) is 0 Å². The second kappa shape index (κ2) is 4.28. The first-order chi connectivity index (χ1) is 5.74. The molecule has 1 aromatic heterocycles. The van der Waals surface area contributed by atoms with E-state index in [1.807, 2.05) is 13.0 Å². The molecule has 1 rings (SSSR count). The molecule has 3 nitrogen and oxygen atoms in total. The molecule has 1 heterocycles. The zero-order chi connectivity index (χ0) is 8.97. The van der Waals surface area contributed by atoms with Gasteiger partial charge in [-0.25, -0.2) is 4.98 Å². The third kappa shape index (κ3) is 2.36. The minimum Gasteiger partial charge on any atom is -0.489 e. The van der Waals surface area contributed by atoms with Crippen LogP contribution in [0.4, 0.5) is 0 Å². The highest BCUT2D eigenvalue weighted by molar-refractivity contribution is 6.30. The highest BCUT2D eigenvalue weighted by atomic mass is 35.5. The van der Waals surface area contributed by atoms with E-state index in [0.29, 0.717) is 24.1 Å². The Kier molecular flexibility index (Phi) is 3.31. The van der Waals surface area contributed by atoms with Gasteiger partial charge in [-0.05, 0) is 19.1 Å². The quantitative estimate of drug-likeness (QED) is 0.726. The molecule has 0 radical (unpaired) electrons. The Labute approximate surface area is 76.5 Å². The van der Waals surface area contributed by atoms with Gasteiger partial charge in [0, 0.05) is 12.2 Å². The standard InChI is InChI=1S/C8H11ClN2O/c1-6-2-3-7(8(9)11-6)12-5-4-10/h2-3H,4-5,10H2,1H3. The lowest BCUT2D eigenvalue weighted by molar-refractivity contribution is 0.327. The lowest BCUT2D eigenvalue weighted by atomic mass is 10.4. The molecular formula is C8H11ClN2O. The van der Waals surface area contributed by atoms with Crippen molar-refractivity contribution in [3.05, 3.63) is 23.0 Å². The Hall–Kier alpha value is -0.800. The Bertz CT molecular complexity index is 265. The summed E-state index contributed by atoms with van der Waals surface area (Å²) in [5.74, 6) is 0.590. The van der Waals surface area contributed by atoms with E-state index in [1.54, 1.807) is 6.07 Å². The fourth-order valence-corrected chi connectivity index (χ4v) is 1.04. The average molecular weight is 187 g/mol. The van der Waals surface area contributed by atoms with Crippen molar-refractivity contribution in [3.8, 4) is 5.75 Å². The van der Waals surface area contributed by atoms with Crippen LogP contribution in [0.5, 0.6) is 5.75 Å². The molecule has 2 N–H and O–H groups in total. The average Bonchev–Trinajstić information content (AvgIpc) is 2.03. The van der Waals surface area contributed by atoms with Gasteiger partial charge < -0.3 is 10.5 Å². The lowest BCUT2D eigenvalue weighted by Gasteiger charge is -2.05. The van der Waals surface area contributed by atoms with Crippen LogP contribution in [-0.2, 0) is 0 Å². The van der Waals surface area contributed by atoms with Gasteiger partial charge in [0.2, 0.25) is 0 Å². The largest absolute Gasteiger partial charge is 0.489 e. The van der Waals surface area contributed by atoms with E-state index < -0.39 is 0 Å². The number of nitrogens with two attached hydrogens (primary N) is 1. The number of aryl methyl sites for hydroxylation is 1. The van der Waals surface area contributed by atoms with Crippen LogP contribution in [-0.4, -0.2) is 18.1 Å². The number of ether oxygens (including phenoxy) is 1. The maximum absolute atomic E-state index is 5.79. The van der Waals surface area contributed by atoms with Crippen LogP contribution in [0.15, 0.2) is 12.1 Å². The molecule has 0 saturated heterocycles. The molecule has 0 unspecified atom stereocenters. The zero-order valence-corrected chi connectivity index (χ0v) is 7.64. The molecule has 0 aliphatic carbocycles. The minimum atomic E-state index is 0.392. The number of hydrogen-bond donors (Lipinski definition) is 1. The smallest absolute Gasteiger partial charge is 0.171 e. The van der Waals surface area contributed by atoms with Crippen molar-refractivity contribution >= 4 is 11.6 Å². The molecule has 1 aromatic rings. The fraction of sp³-hybridized carbons (Fsp3) is 0.375. The summed E-state index contributed by atoms with van der Waals surface area (Å²) in [6, 6.07) is 3.64. The van der Waals surface area contributed by atoms with E-state index >= 15 is 0 Å². The van der Waals surface area contributed by atoms with Crippen LogP contribution in [0.2, 0.25) is 5.15 Å². The van der Waals surface area contributed by atoms with Crippen LogP contribution < -0.4 is 10.5 Å². The first-order valence-corrected chi connectivity index (χ1v) is 4.08. The summed E-state index contributed by atoms with van der Waals surface area (Å²) in [6.45, 7) is 2.81. The Morgan fingerprint density at radius 1 is 1.58 bits per heavy atom. The van der Waals surface area contributed by atoms with Gasteiger partial charge in [-0.1, -0.05) is 11.6 Å². The van der Waals surface area contributed by atoms with Crippen LogP contribution in [0, 0.1) is 6.92 Å². The Morgan fingerprint density at radius 2 is 2.33 bits per heavy atom. The van der Waals surface area contributed by atoms with E-state index in [0.717, 1.165) is 5.69 Å². The molecule has 0 aliphatic rings. The van der Waals surface area contributed by atoms with Gasteiger partial charge in [-0.15, -0.1) is 0 Å². The summed E-state index contributed by atoms with van der Waals surface area (Å²) >= 11 is 5.79. The summed E-state index contributed by atoms with van der Waals surface area (Å²) in [5, 5.41) is 0.392. The van der Waals surface area contributed by atoms with E-state index in [-0.39, 0.29) is 0 Å². The molecule has 0 bridgehead atoms. The van der Waals surface area contributed by atoms with Gasteiger partial charge in [-0.3, -0.25) is 0 Å². The van der Waals surface area contributed by atoms with Crippen molar-refractivity contribution in [3.63, 3.8) is 0 Å². The van der Waals surface area contributed by atoms with Crippen molar-refractivity contribution in [1.82, 2.24) is 4.98 Å². The summed E-state index contributed by atoms with van der Waals surface area (Å²) in [6.07, 6.45) is 0. The molecule has 12 heavy (non-hydrogen) atoms. The van der Waals surface area contributed by atoms with Crippen LogP contribution >= 0.6 is 11.6 Å². The minimum absolute atomic E-state index is 0.392. The van der Waals surface area contributed by atoms with Crippen LogP contribution in [0.3, 0.4) is 0 Å². The summed E-state index contributed by atoms with van der Waals surface area (Å²) in [4.78, 5) is 4.03. The van der Waals surface area contributed by atoms with Crippen molar-refractivity contribution in [2.45, 2.75) is 6.92 Å². The van der Waals surface area contributed by atoms with Crippen molar-refractivity contribution in [1.29, 1.82) is 0 Å². The van der Waals surface area contributed by atoms with Crippen molar-refractivity contribution in [2.24, 2.45) is 5.73 Å². The first-order valence-electron chi connectivity index (χ1n) is 3.70. The van der Waals surface area contributed by atoms with E-state index in [9.17, 15) is 0 Å². The fourth-order valence-electron chi connectivity index (χ4n) is 0.789. The monoisotopic (exact) mass is 186 g/mol. The lowest BCUT2D eigenvalue weighted by Crippen LogP contribution is -2.10. The molecular weight excluding hydrogens is 176 g/mol. The number of pyridine rings is 1. The van der Waals surface area contributed by atoms with Gasteiger partial charge in [0.15, 0.2) is 10.9 Å². The summed E-state index contributed by atoms with van der Waals surface area (Å²) < 4.78 is 5.22. The van der Waals surface area contributed by atoms with Gasteiger partial charge in [0.1, 0.15) is 6.61 Å². The second-order valence-corrected chi connectivity index (χ2v) is 2.74. The topological polar surface area (TPSA) is 48.1 Å². The van der Waals surface area contributed by atoms with Gasteiger partial charge in [0.05, 0.1) is 0 Å². The molecule has 66 valence electrons. The van der Waals surface area contributed by atoms with Gasteiger partial charge >= 0.3 is 0 Å². The number of aromatic nitrogens is 1. The molecule has 0 spiro atoms. The second-order valence-electron chi connectivity index (χ2n) is 2.38. The molecule has 0 atom stereocenters. The highest BCUT2D eigenvalue weighted by Crippen LogP contribution is 2.21. The maximum Gasteiger partial charge on any atom is 0.171 e. The van der Waals surface area contributed by atoms with Crippen molar-refractivity contribution in [2.75, 3.05) is 13.2 Å². The number of rotatable bonds is 3. The molecule has 0 fully saturated rings. The van der Waals surface area contributed by atoms with Crippen LogP contribution in [0.1, 0.15) is 5.69 Å². The van der Waals surface area contributed by atoms with Gasteiger partial charge in [-0.2, -0.15) is 0 Å². The molecule has 0 aliphatic heterocycles.